The molecule has 0 spiro atoms. The van der Waals surface area contributed by atoms with Crippen LogP contribution in [0.3, 0.4) is 0 Å². The molecule has 1 aliphatic heterocycles. The van der Waals surface area contributed by atoms with E-state index in [1.807, 2.05) is 16.8 Å². The summed E-state index contributed by atoms with van der Waals surface area (Å²) in [4.78, 5) is 10.5. The molecule has 1 saturated heterocycles. The van der Waals surface area contributed by atoms with Gasteiger partial charge in [-0.05, 0) is 36.5 Å². The number of hydrogen-bond donors (Lipinski definition) is 0. The fraction of sp³-hybridized carbons (Fsp3) is 0.526. The predicted molar refractivity (Wildman–Crippen MR) is 95.7 cm³/mol. The number of halogens is 2. The maximum Gasteiger partial charge on any atom is 0.137 e. The van der Waals surface area contributed by atoms with Crippen LogP contribution in [-0.4, -0.2) is 57.7 Å². The number of likely N-dealkylation sites (tertiary alicyclic amines) is 1. The van der Waals surface area contributed by atoms with Crippen molar-refractivity contribution in [2.45, 2.75) is 43.4 Å². The van der Waals surface area contributed by atoms with E-state index in [1.165, 1.54) is 18.5 Å². The van der Waals surface area contributed by atoms with Crippen molar-refractivity contribution >= 4 is 5.71 Å². The standard InChI is InChI=1S/C19H23F2N5/c1-22-17-8-16(21)9-25(10-17)18-6-14(13-2-4-15(20)5-3-13)7-19(18)26-12-23-11-24-26/h2-5,11-12,14,16,18-19H,6-10H2,1H3/t14-,16+,18?,19+/m0/s1. The highest BCUT2D eigenvalue weighted by molar-refractivity contribution is 5.87. The van der Waals surface area contributed by atoms with Crippen LogP contribution in [0.15, 0.2) is 41.9 Å². The highest BCUT2D eigenvalue weighted by atomic mass is 19.1. The van der Waals surface area contributed by atoms with Crippen LogP contribution in [0.1, 0.15) is 36.8 Å². The second kappa shape index (κ2) is 7.23. The van der Waals surface area contributed by atoms with Crippen molar-refractivity contribution in [1.82, 2.24) is 19.7 Å². The van der Waals surface area contributed by atoms with E-state index in [0.717, 1.165) is 24.1 Å². The van der Waals surface area contributed by atoms with Crippen molar-refractivity contribution in [3.05, 3.63) is 48.3 Å². The van der Waals surface area contributed by atoms with E-state index in [1.54, 1.807) is 13.4 Å². The largest absolute Gasteiger partial charge is 0.296 e. The molecule has 1 aromatic carbocycles. The van der Waals surface area contributed by atoms with Crippen molar-refractivity contribution in [2.75, 3.05) is 20.1 Å². The monoisotopic (exact) mass is 359 g/mol. The highest BCUT2D eigenvalue weighted by Crippen LogP contribution is 2.43. The van der Waals surface area contributed by atoms with Crippen molar-refractivity contribution < 1.29 is 8.78 Å². The van der Waals surface area contributed by atoms with E-state index in [4.69, 9.17) is 0 Å². The van der Waals surface area contributed by atoms with Gasteiger partial charge in [-0.3, -0.25) is 9.89 Å². The van der Waals surface area contributed by atoms with Gasteiger partial charge in [-0.2, -0.15) is 5.10 Å². The highest BCUT2D eigenvalue weighted by Gasteiger charge is 2.42. The molecular formula is C19H23F2N5. The molecule has 2 aromatic rings. The van der Waals surface area contributed by atoms with E-state index < -0.39 is 6.17 Å². The molecule has 0 radical (unpaired) electrons. The Morgan fingerprint density at radius 2 is 1.92 bits per heavy atom. The number of aliphatic imine (C=N–C) groups is 1. The van der Waals surface area contributed by atoms with Crippen LogP contribution < -0.4 is 0 Å². The summed E-state index contributed by atoms with van der Waals surface area (Å²) in [7, 11) is 1.73. The summed E-state index contributed by atoms with van der Waals surface area (Å²) in [6.07, 6.45) is 4.58. The number of hydrogen-bond acceptors (Lipinski definition) is 4. The Kier molecular flexibility index (Phi) is 4.80. The molecule has 26 heavy (non-hydrogen) atoms. The van der Waals surface area contributed by atoms with Gasteiger partial charge in [0.15, 0.2) is 0 Å². The Hall–Kier alpha value is -2.15. The third-order valence-electron chi connectivity index (χ3n) is 5.67. The quantitative estimate of drug-likeness (QED) is 0.846. The van der Waals surface area contributed by atoms with Gasteiger partial charge in [0.1, 0.15) is 24.6 Å². The minimum Gasteiger partial charge on any atom is -0.296 e. The van der Waals surface area contributed by atoms with Crippen molar-refractivity contribution in [2.24, 2.45) is 4.99 Å². The third kappa shape index (κ3) is 3.40. The SMILES string of the molecule is CN=C1C[C@@H](F)CN(C2C[C@H](c3ccc(F)cc3)C[C@H]2n2cncn2)C1. The summed E-state index contributed by atoms with van der Waals surface area (Å²) in [6, 6.07) is 7.00. The first kappa shape index (κ1) is 17.3. The van der Waals surface area contributed by atoms with E-state index in [0.29, 0.717) is 19.5 Å². The molecule has 0 bridgehead atoms. The van der Waals surface area contributed by atoms with Gasteiger partial charge in [-0.1, -0.05) is 12.1 Å². The van der Waals surface area contributed by atoms with Crippen LogP contribution in [0.4, 0.5) is 8.78 Å². The molecule has 5 nitrogen and oxygen atoms in total. The van der Waals surface area contributed by atoms with Gasteiger partial charge in [-0.15, -0.1) is 0 Å². The van der Waals surface area contributed by atoms with Gasteiger partial charge < -0.3 is 0 Å². The first-order valence-electron chi connectivity index (χ1n) is 9.06. The first-order chi connectivity index (χ1) is 12.6. The molecule has 2 aliphatic rings. The number of nitrogens with zero attached hydrogens (tertiary/aromatic N) is 5. The molecule has 7 heteroatoms. The van der Waals surface area contributed by atoms with E-state index in [2.05, 4.69) is 20.0 Å². The molecule has 2 fully saturated rings. The normalized spacial score (nSPS) is 31.6. The van der Waals surface area contributed by atoms with Gasteiger partial charge in [0, 0.05) is 38.3 Å². The summed E-state index contributed by atoms with van der Waals surface area (Å²) in [5, 5.41) is 4.34. The lowest BCUT2D eigenvalue weighted by atomic mass is 9.97. The summed E-state index contributed by atoms with van der Waals surface area (Å²) in [6.45, 7) is 1.12. The van der Waals surface area contributed by atoms with Gasteiger partial charge >= 0.3 is 0 Å². The second-order valence-corrected chi connectivity index (χ2v) is 7.25. The predicted octanol–water partition coefficient (Wildman–Crippen LogP) is 3.02. The van der Waals surface area contributed by atoms with Crippen LogP contribution in [0.2, 0.25) is 0 Å². The lowest BCUT2D eigenvalue weighted by Crippen LogP contribution is -2.49. The minimum absolute atomic E-state index is 0.121. The maximum atomic E-state index is 14.3. The summed E-state index contributed by atoms with van der Waals surface area (Å²) >= 11 is 0. The molecule has 2 heterocycles. The molecule has 1 aliphatic carbocycles. The smallest absolute Gasteiger partial charge is 0.137 e. The topological polar surface area (TPSA) is 46.3 Å². The molecule has 1 unspecified atom stereocenters. The Morgan fingerprint density at radius 1 is 1.15 bits per heavy atom. The number of piperidine rings is 1. The van der Waals surface area contributed by atoms with Gasteiger partial charge in [-0.25, -0.2) is 18.4 Å². The second-order valence-electron chi connectivity index (χ2n) is 7.25. The number of rotatable bonds is 3. The van der Waals surface area contributed by atoms with E-state index >= 15 is 0 Å². The average molecular weight is 359 g/mol. The molecule has 0 N–H and O–H groups in total. The van der Waals surface area contributed by atoms with Crippen LogP contribution in [0, 0.1) is 5.82 Å². The molecule has 1 aromatic heterocycles. The Morgan fingerprint density at radius 3 is 2.62 bits per heavy atom. The molecule has 0 amide bonds. The zero-order chi connectivity index (χ0) is 18.1. The Labute approximate surface area is 151 Å². The lowest BCUT2D eigenvalue weighted by molar-refractivity contribution is 0.121. The molecule has 4 rings (SSSR count). The first-order valence-corrected chi connectivity index (χ1v) is 9.06. The summed E-state index contributed by atoms with van der Waals surface area (Å²) in [5.74, 6) is 0.0630. The van der Waals surface area contributed by atoms with Gasteiger partial charge in [0.05, 0.1) is 6.04 Å². The van der Waals surface area contributed by atoms with Crippen molar-refractivity contribution in [3.63, 3.8) is 0 Å². The lowest BCUT2D eigenvalue weighted by Gasteiger charge is -2.37. The molecule has 4 atom stereocenters. The zero-order valence-corrected chi connectivity index (χ0v) is 14.8. The average Bonchev–Trinajstić information content (AvgIpc) is 3.31. The molecular weight excluding hydrogens is 336 g/mol. The van der Waals surface area contributed by atoms with Crippen LogP contribution in [0.5, 0.6) is 0 Å². The Bertz CT molecular complexity index is 759. The van der Waals surface area contributed by atoms with Crippen molar-refractivity contribution in [3.8, 4) is 0 Å². The number of alkyl halides is 1. The molecule has 1 saturated carbocycles. The third-order valence-corrected chi connectivity index (χ3v) is 5.67. The van der Waals surface area contributed by atoms with Crippen LogP contribution >= 0.6 is 0 Å². The van der Waals surface area contributed by atoms with E-state index in [-0.39, 0.29) is 23.8 Å². The summed E-state index contributed by atoms with van der Waals surface area (Å²) in [5.41, 5.74) is 2.03. The van der Waals surface area contributed by atoms with E-state index in [9.17, 15) is 8.78 Å². The fourth-order valence-corrected chi connectivity index (χ4v) is 4.42. The zero-order valence-electron chi connectivity index (χ0n) is 14.8. The number of benzene rings is 1. The summed E-state index contributed by atoms with van der Waals surface area (Å²) < 4.78 is 29.4. The maximum absolute atomic E-state index is 14.3. The minimum atomic E-state index is -0.885. The van der Waals surface area contributed by atoms with Gasteiger partial charge in [0.2, 0.25) is 0 Å². The van der Waals surface area contributed by atoms with Crippen molar-refractivity contribution in [1.29, 1.82) is 0 Å². The fourth-order valence-electron chi connectivity index (χ4n) is 4.42. The van der Waals surface area contributed by atoms with Crippen LogP contribution in [0.25, 0.3) is 0 Å². The Balaban J connectivity index is 1.61. The number of aromatic nitrogens is 3. The molecule has 138 valence electrons. The van der Waals surface area contributed by atoms with Crippen LogP contribution in [-0.2, 0) is 0 Å². The van der Waals surface area contributed by atoms with Gasteiger partial charge in [0.25, 0.3) is 0 Å².